The number of nitrogens with zero attached hydrogens (tertiary/aromatic N) is 2. The molecule has 11 heteroatoms. The van der Waals surface area contributed by atoms with Crippen LogP contribution in [0.5, 0.6) is 5.75 Å². The van der Waals surface area contributed by atoms with E-state index in [0.717, 1.165) is 10.9 Å². The number of fused-ring (bicyclic) bond motifs is 1. The number of hydrogen-bond donors (Lipinski definition) is 1. The minimum atomic E-state index is -3.85. The molecule has 38 heavy (non-hydrogen) atoms. The molecule has 0 amide bonds. The highest BCUT2D eigenvalue weighted by atomic mass is 32.2. The summed E-state index contributed by atoms with van der Waals surface area (Å²) >= 11 is 0. The number of carbonyl (C=O) groups excluding carboxylic acids is 1. The average Bonchev–Trinajstić information content (AvgIpc) is 3.37. The third-order valence-electron chi connectivity index (χ3n) is 5.58. The Morgan fingerprint density at radius 3 is 2.39 bits per heavy atom. The third kappa shape index (κ3) is 5.48. The van der Waals surface area contributed by atoms with Gasteiger partial charge in [-0.2, -0.15) is 5.10 Å². The molecular weight excluding hydrogens is 510 g/mol. The van der Waals surface area contributed by atoms with Gasteiger partial charge in [-0.05, 0) is 48.5 Å². The number of rotatable bonds is 8. The van der Waals surface area contributed by atoms with Crippen LogP contribution in [0, 0.1) is 0 Å². The summed E-state index contributed by atoms with van der Waals surface area (Å²) in [6.45, 7) is 0.0157. The molecular formula is C27H21N3O7S. The number of sulfonamides is 1. The van der Waals surface area contributed by atoms with Crippen molar-refractivity contribution in [3.63, 3.8) is 0 Å². The van der Waals surface area contributed by atoms with Gasteiger partial charge in [0.25, 0.3) is 0 Å². The lowest BCUT2D eigenvalue weighted by molar-refractivity contribution is 0.0443. The lowest BCUT2D eigenvalue weighted by Gasteiger charge is -2.08. The number of primary sulfonamides is 1. The first kappa shape index (κ1) is 24.9. The standard InChI is InChI=1S/C27H21N3O7S/c28-38(33,34)22-11-8-20(9-12-22)30-24(18-4-2-1-3-5-18)17-23(29-30)27(32)36-15-14-35-21-10-6-19-7-13-26(31)37-25(19)16-21/h1-13,16-17H,14-15H2,(H2,28,33,34). The van der Waals surface area contributed by atoms with E-state index in [9.17, 15) is 18.0 Å². The van der Waals surface area contributed by atoms with Crippen molar-refractivity contribution < 1.29 is 27.1 Å². The summed E-state index contributed by atoms with van der Waals surface area (Å²) in [5.41, 5.74) is 1.92. The van der Waals surface area contributed by atoms with E-state index in [0.29, 0.717) is 22.7 Å². The first-order valence-electron chi connectivity index (χ1n) is 11.4. The SMILES string of the molecule is NS(=O)(=O)c1ccc(-n2nc(C(=O)OCCOc3ccc4ccc(=O)oc4c3)cc2-c2ccccc2)cc1. The number of ether oxygens (including phenoxy) is 2. The van der Waals surface area contributed by atoms with Gasteiger partial charge >= 0.3 is 11.6 Å². The molecule has 0 unspecified atom stereocenters. The number of aromatic nitrogens is 2. The second-order valence-corrected chi connectivity index (χ2v) is 9.73. The monoisotopic (exact) mass is 531 g/mol. The topological polar surface area (TPSA) is 144 Å². The van der Waals surface area contributed by atoms with Gasteiger partial charge in [-0.25, -0.2) is 27.8 Å². The molecule has 0 bridgehead atoms. The zero-order chi connectivity index (χ0) is 26.7. The average molecular weight is 532 g/mol. The number of nitrogens with two attached hydrogens (primary N) is 1. The summed E-state index contributed by atoms with van der Waals surface area (Å²) in [6, 6.07) is 24.8. The van der Waals surface area contributed by atoms with Gasteiger partial charge in [0.15, 0.2) is 5.69 Å². The number of benzene rings is 3. The summed E-state index contributed by atoms with van der Waals surface area (Å²) in [5.74, 6) is -0.198. The normalized spacial score (nSPS) is 11.4. The Kier molecular flexibility index (Phi) is 6.77. The van der Waals surface area contributed by atoms with Gasteiger partial charge in [0, 0.05) is 23.1 Å². The molecule has 10 nitrogen and oxygen atoms in total. The summed E-state index contributed by atoms with van der Waals surface area (Å²) in [6.07, 6.45) is 0. The minimum absolute atomic E-state index is 0.0390. The predicted molar refractivity (Wildman–Crippen MR) is 139 cm³/mol. The van der Waals surface area contributed by atoms with Crippen LogP contribution in [0.3, 0.4) is 0 Å². The van der Waals surface area contributed by atoms with Crippen LogP contribution >= 0.6 is 0 Å². The van der Waals surface area contributed by atoms with Gasteiger partial charge in [0.1, 0.15) is 24.5 Å². The fraction of sp³-hybridized carbons (Fsp3) is 0.0741. The second-order valence-electron chi connectivity index (χ2n) is 8.17. The summed E-state index contributed by atoms with van der Waals surface area (Å²) in [5, 5.41) is 10.4. The molecule has 0 aliphatic carbocycles. The summed E-state index contributed by atoms with van der Waals surface area (Å²) < 4.78 is 40.9. The van der Waals surface area contributed by atoms with Crippen LogP contribution in [-0.4, -0.2) is 37.4 Å². The molecule has 0 radical (unpaired) electrons. The Hall–Kier alpha value is -4.74. The lowest BCUT2D eigenvalue weighted by Crippen LogP contribution is -2.13. The van der Waals surface area contributed by atoms with Gasteiger partial charge in [-0.1, -0.05) is 30.3 Å². The van der Waals surface area contributed by atoms with E-state index < -0.39 is 21.6 Å². The van der Waals surface area contributed by atoms with E-state index in [-0.39, 0.29) is 23.8 Å². The number of esters is 1. The van der Waals surface area contributed by atoms with Crippen LogP contribution in [0.1, 0.15) is 10.5 Å². The van der Waals surface area contributed by atoms with E-state index in [4.69, 9.17) is 19.0 Å². The fourth-order valence-corrected chi connectivity index (χ4v) is 4.28. The summed E-state index contributed by atoms with van der Waals surface area (Å²) in [7, 11) is -3.85. The third-order valence-corrected chi connectivity index (χ3v) is 6.51. The molecule has 2 heterocycles. The van der Waals surface area contributed by atoms with E-state index in [1.54, 1.807) is 42.5 Å². The number of carbonyl (C=O) groups is 1. The Morgan fingerprint density at radius 1 is 0.921 bits per heavy atom. The van der Waals surface area contributed by atoms with Crippen molar-refractivity contribution in [2.75, 3.05) is 13.2 Å². The summed E-state index contributed by atoms with van der Waals surface area (Å²) in [4.78, 5) is 24.2. The van der Waals surface area contributed by atoms with Crippen molar-refractivity contribution >= 4 is 27.0 Å². The van der Waals surface area contributed by atoms with Crippen molar-refractivity contribution in [2.24, 2.45) is 5.14 Å². The molecule has 0 aliphatic rings. The minimum Gasteiger partial charge on any atom is -0.490 e. The van der Waals surface area contributed by atoms with Crippen molar-refractivity contribution in [3.8, 4) is 22.7 Å². The Morgan fingerprint density at radius 2 is 1.66 bits per heavy atom. The molecule has 5 aromatic rings. The Bertz CT molecular complexity index is 1780. The Balaban J connectivity index is 1.31. The zero-order valence-corrected chi connectivity index (χ0v) is 20.6. The van der Waals surface area contributed by atoms with Crippen molar-refractivity contribution in [1.82, 2.24) is 9.78 Å². The highest BCUT2D eigenvalue weighted by Crippen LogP contribution is 2.25. The maximum Gasteiger partial charge on any atom is 0.358 e. The van der Waals surface area contributed by atoms with E-state index in [1.165, 1.54) is 22.9 Å². The van der Waals surface area contributed by atoms with Crippen LogP contribution in [0.15, 0.2) is 105 Å². The molecule has 192 valence electrons. The largest absolute Gasteiger partial charge is 0.490 e. The van der Waals surface area contributed by atoms with Gasteiger partial charge in [0.2, 0.25) is 10.0 Å². The van der Waals surface area contributed by atoms with Crippen LogP contribution in [-0.2, 0) is 14.8 Å². The Labute approximate surface area is 216 Å². The lowest BCUT2D eigenvalue weighted by atomic mass is 10.1. The highest BCUT2D eigenvalue weighted by Gasteiger charge is 2.18. The molecule has 0 spiro atoms. The smallest absolute Gasteiger partial charge is 0.358 e. The molecule has 0 saturated carbocycles. The molecule has 2 N–H and O–H groups in total. The molecule has 0 aliphatic heterocycles. The van der Waals surface area contributed by atoms with Gasteiger partial charge in [0.05, 0.1) is 16.3 Å². The maximum absolute atomic E-state index is 12.8. The second kappa shape index (κ2) is 10.3. The fourth-order valence-electron chi connectivity index (χ4n) is 3.77. The van der Waals surface area contributed by atoms with Crippen molar-refractivity contribution in [2.45, 2.75) is 4.90 Å². The van der Waals surface area contributed by atoms with E-state index in [1.807, 2.05) is 30.3 Å². The predicted octanol–water partition coefficient (Wildman–Crippen LogP) is 3.53. The first-order valence-corrected chi connectivity index (χ1v) is 13.0. The molecule has 2 aromatic heterocycles. The molecule has 0 saturated heterocycles. The molecule has 0 atom stereocenters. The van der Waals surface area contributed by atoms with Crippen molar-refractivity contribution in [3.05, 3.63) is 107 Å². The first-order chi connectivity index (χ1) is 18.3. The van der Waals surface area contributed by atoms with Gasteiger partial charge < -0.3 is 13.9 Å². The van der Waals surface area contributed by atoms with Crippen LogP contribution < -0.4 is 15.5 Å². The number of hydrogen-bond acceptors (Lipinski definition) is 8. The molecule has 3 aromatic carbocycles. The van der Waals surface area contributed by atoms with E-state index >= 15 is 0 Å². The van der Waals surface area contributed by atoms with Crippen LogP contribution in [0.2, 0.25) is 0 Å². The zero-order valence-electron chi connectivity index (χ0n) is 19.8. The van der Waals surface area contributed by atoms with Crippen molar-refractivity contribution in [1.29, 1.82) is 0 Å². The van der Waals surface area contributed by atoms with Crippen LogP contribution in [0.25, 0.3) is 27.9 Å². The van der Waals surface area contributed by atoms with Gasteiger partial charge in [-0.15, -0.1) is 0 Å². The molecule has 0 fully saturated rings. The van der Waals surface area contributed by atoms with Gasteiger partial charge in [-0.3, -0.25) is 0 Å². The molecule has 5 rings (SSSR count). The van der Waals surface area contributed by atoms with E-state index in [2.05, 4.69) is 5.10 Å². The maximum atomic E-state index is 12.8. The highest BCUT2D eigenvalue weighted by molar-refractivity contribution is 7.89. The quantitative estimate of drug-likeness (QED) is 0.182. The van der Waals surface area contributed by atoms with Crippen LogP contribution in [0.4, 0.5) is 0 Å².